The van der Waals surface area contributed by atoms with E-state index in [0.29, 0.717) is 26.0 Å². The van der Waals surface area contributed by atoms with Gasteiger partial charge in [0.2, 0.25) is 5.91 Å². The van der Waals surface area contributed by atoms with Crippen molar-refractivity contribution in [3.63, 3.8) is 0 Å². The van der Waals surface area contributed by atoms with E-state index >= 15 is 0 Å². The lowest BCUT2D eigenvalue weighted by Gasteiger charge is -2.06. The fourth-order valence-corrected chi connectivity index (χ4v) is 2.62. The minimum atomic E-state index is -0.0130. The van der Waals surface area contributed by atoms with Gasteiger partial charge in [-0.05, 0) is 24.6 Å². The number of amides is 1. The first-order chi connectivity index (χ1) is 12.7. The van der Waals surface area contributed by atoms with Crippen molar-refractivity contribution in [1.82, 2.24) is 10.5 Å². The lowest BCUT2D eigenvalue weighted by Crippen LogP contribution is -2.27. The van der Waals surface area contributed by atoms with Gasteiger partial charge in [-0.15, -0.1) is 0 Å². The zero-order valence-electron chi connectivity index (χ0n) is 14.8. The highest BCUT2D eigenvalue weighted by Crippen LogP contribution is 2.19. The molecular weight excluding hydrogens is 328 g/mol. The molecule has 0 unspecified atom stereocenters. The molecule has 1 amide bonds. The quantitative estimate of drug-likeness (QED) is 0.674. The Bertz CT molecular complexity index is 826. The van der Waals surface area contributed by atoms with Crippen LogP contribution in [0.4, 0.5) is 0 Å². The molecule has 5 nitrogen and oxygen atoms in total. The molecule has 0 radical (unpaired) electrons. The summed E-state index contributed by atoms with van der Waals surface area (Å²) < 4.78 is 10.8. The van der Waals surface area contributed by atoms with E-state index in [1.807, 2.05) is 67.6 Å². The summed E-state index contributed by atoms with van der Waals surface area (Å²) in [4.78, 5) is 12.1. The maximum absolute atomic E-state index is 12.1. The van der Waals surface area contributed by atoms with Gasteiger partial charge in [0.25, 0.3) is 0 Å². The summed E-state index contributed by atoms with van der Waals surface area (Å²) in [7, 11) is 0. The van der Waals surface area contributed by atoms with Crippen molar-refractivity contribution >= 4 is 5.91 Å². The van der Waals surface area contributed by atoms with Crippen LogP contribution in [0.5, 0.6) is 5.75 Å². The number of carbonyl (C=O) groups is 1. The number of nitrogens with one attached hydrogen (secondary N) is 1. The lowest BCUT2D eigenvalue weighted by atomic mass is 10.1. The van der Waals surface area contributed by atoms with Crippen LogP contribution in [0.15, 0.2) is 65.2 Å². The fraction of sp³-hybridized carbons (Fsp3) is 0.238. The van der Waals surface area contributed by atoms with Crippen molar-refractivity contribution in [2.45, 2.75) is 19.8 Å². The average Bonchev–Trinajstić information content (AvgIpc) is 3.13. The zero-order chi connectivity index (χ0) is 18.2. The van der Waals surface area contributed by atoms with Crippen LogP contribution >= 0.6 is 0 Å². The molecular formula is C21H22N2O3. The lowest BCUT2D eigenvalue weighted by molar-refractivity contribution is -0.120. The van der Waals surface area contributed by atoms with Crippen molar-refractivity contribution in [3.05, 3.63) is 71.9 Å². The molecule has 1 N–H and O–H groups in total. The first kappa shape index (κ1) is 17.7. The standard InChI is InChI=1S/C21H22N2O3/c1-2-25-19-10-8-16(9-11-19)14-21(24)22-13-12-18-15-20(26-23-18)17-6-4-3-5-7-17/h3-11,15H,2,12-14H2,1H3,(H,22,24). The summed E-state index contributed by atoms with van der Waals surface area (Å²) in [6, 6.07) is 19.3. The Kier molecular flexibility index (Phi) is 6.04. The second-order valence-corrected chi connectivity index (χ2v) is 5.90. The molecule has 3 aromatic rings. The molecule has 0 aliphatic carbocycles. The van der Waals surface area contributed by atoms with E-state index in [-0.39, 0.29) is 5.91 Å². The highest BCUT2D eigenvalue weighted by Gasteiger charge is 2.08. The van der Waals surface area contributed by atoms with Crippen molar-refractivity contribution in [3.8, 4) is 17.1 Å². The Morgan fingerprint density at radius 3 is 2.62 bits per heavy atom. The van der Waals surface area contributed by atoms with Crippen molar-refractivity contribution in [2.24, 2.45) is 0 Å². The minimum Gasteiger partial charge on any atom is -0.494 e. The van der Waals surface area contributed by atoms with Gasteiger partial charge in [0, 0.05) is 24.6 Å². The second kappa shape index (κ2) is 8.85. The smallest absolute Gasteiger partial charge is 0.224 e. The molecule has 5 heteroatoms. The number of ether oxygens (including phenoxy) is 1. The average molecular weight is 350 g/mol. The molecule has 0 aliphatic rings. The van der Waals surface area contributed by atoms with Crippen LogP contribution in [-0.2, 0) is 17.6 Å². The molecule has 2 aromatic carbocycles. The van der Waals surface area contributed by atoms with Crippen LogP contribution in [0.25, 0.3) is 11.3 Å². The number of hydrogen-bond acceptors (Lipinski definition) is 4. The third-order valence-corrected chi connectivity index (χ3v) is 3.92. The predicted octanol–water partition coefficient (Wildman–Crippen LogP) is 3.64. The monoisotopic (exact) mass is 350 g/mol. The molecule has 3 rings (SSSR count). The van der Waals surface area contributed by atoms with E-state index in [2.05, 4.69) is 10.5 Å². The largest absolute Gasteiger partial charge is 0.494 e. The van der Waals surface area contributed by atoms with E-state index in [0.717, 1.165) is 28.3 Å². The van der Waals surface area contributed by atoms with Crippen molar-refractivity contribution < 1.29 is 14.1 Å². The van der Waals surface area contributed by atoms with Gasteiger partial charge in [0.1, 0.15) is 5.75 Å². The van der Waals surface area contributed by atoms with Crippen molar-refractivity contribution in [2.75, 3.05) is 13.2 Å². The number of nitrogens with zero attached hydrogens (tertiary/aromatic N) is 1. The molecule has 0 aliphatic heterocycles. The van der Waals surface area contributed by atoms with Gasteiger partial charge in [0.15, 0.2) is 5.76 Å². The number of rotatable bonds is 8. The summed E-state index contributed by atoms with van der Waals surface area (Å²) in [5.74, 6) is 1.54. The van der Waals surface area contributed by atoms with Crippen molar-refractivity contribution in [1.29, 1.82) is 0 Å². The second-order valence-electron chi connectivity index (χ2n) is 5.90. The first-order valence-corrected chi connectivity index (χ1v) is 8.74. The van der Waals surface area contributed by atoms with Gasteiger partial charge in [-0.25, -0.2) is 0 Å². The van der Waals surface area contributed by atoms with Crippen LogP contribution < -0.4 is 10.1 Å². The van der Waals surface area contributed by atoms with E-state index in [1.54, 1.807) is 0 Å². The molecule has 0 fully saturated rings. The third kappa shape index (κ3) is 4.96. The number of aromatic nitrogens is 1. The third-order valence-electron chi connectivity index (χ3n) is 3.92. The Hall–Kier alpha value is -3.08. The Morgan fingerprint density at radius 2 is 1.88 bits per heavy atom. The normalized spacial score (nSPS) is 10.5. The molecule has 0 bridgehead atoms. The topological polar surface area (TPSA) is 64.4 Å². The van der Waals surface area contributed by atoms with E-state index < -0.39 is 0 Å². The molecule has 0 saturated heterocycles. The highest BCUT2D eigenvalue weighted by atomic mass is 16.5. The van der Waals surface area contributed by atoms with Crippen LogP contribution in [-0.4, -0.2) is 24.2 Å². The van der Waals surface area contributed by atoms with Crippen LogP contribution in [0.2, 0.25) is 0 Å². The molecule has 0 saturated carbocycles. The Morgan fingerprint density at radius 1 is 1.12 bits per heavy atom. The van der Waals surface area contributed by atoms with Gasteiger partial charge in [-0.1, -0.05) is 47.6 Å². The van der Waals surface area contributed by atoms with Gasteiger partial charge >= 0.3 is 0 Å². The fourth-order valence-electron chi connectivity index (χ4n) is 2.62. The molecule has 0 spiro atoms. The molecule has 1 aromatic heterocycles. The molecule has 26 heavy (non-hydrogen) atoms. The van der Waals surface area contributed by atoms with Crippen LogP contribution in [0, 0.1) is 0 Å². The number of hydrogen-bond donors (Lipinski definition) is 1. The minimum absolute atomic E-state index is 0.0130. The van der Waals surface area contributed by atoms with E-state index in [4.69, 9.17) is 9.26 Å². The summed E-state index contributed by atoms with van der Waals surface area (Å²) >= 11 is 0. The Labute approximate surface area is 153 Å². The maximum atomic E-state index is 12.1. The van der Waals surface area contributed by atoms with Crippen LogP contribution in [0.1, 0.15) is 18.2 Å². The molecule has 1 heterocycles. The predicted molar refractivity (Wildman–Crippen MR) is 100.0 cm³/mol. The van der Waals surface area contributed by atoms with Crippen LogP contribution in [0.3, 0.4) is 0 Å². The summed E-state index contributed by atoms with van der Waals surface area (Å²) in [6.45, 7) is 3.10. The van der Waals surface area contributed by atoms with E-state index in [9.17, 15) is 4.79 Å². The van der Waals surface area contributed by atoms with Gasteiger partial charge in [-0.3, -0.25) is 4.79 Å². The summed E-state index contributed by atoms with van der Waals surface area (Å²) in [5.41, 5.74) is 2.77. The SMILES string of the molecule is CCOc1ccc(CC(=O)NCCc2cc(-c3ccccc3)on2)cc1. The Balaban J connectivity index is 1.44. The number of carbonyl (C=O) groups excluding carboxylic acids is 1. The molecule has 0 atom stereocenters. The molecule has 134 valence electrons. The highest BCUT2D eigenvalue weighted by molar-refractivity contribution is 5.78. The van der Waals surface area contributed by atoms with Gasteiger partial charge in [-0.2, -0.15) is 0 Å². The van der Waals surface area contributed by atoms with E-state index in [1.165, 1.54) is 0 Å². The zero-order valence-corrected chi connectivity index (χ0v) is 14.8. The van der Waals surface area contributed by atoms with Gasteiger partial charge < -0.3 is 14.6 Å². The number of benzene rings is 2. The maximum Gasteiger partial charge on any atom is 0.224 e. The summed E-state index contributed by atoms with van der Waals surface area (Å²) in [5, 5.41) is 6.98. The first-order valence-electron chi connectivity index (χ1n) is 8.74. The summed E-state index contributed by atoms with van der Waals surface area (Å²) in [6.07, 6.45) is 0.978. The van der Waals surface area contributed by atoms with Gasteiger partial charge in [0.05, 0.1) is 18.7 Å².